The number of sulfone groups is 1. The molecule has 1 aliphatic rings. The summed E-state index contributed by atoms with van der Waals surface area (Å²) in [6.45, 7) is 2.30. The van der Waals surface area contributed by atoms with Crippen molar-refractivity contribution in [2.45, 2.75) is 39.2 Å². The highest BCUT2D eigenvalue weighted by atomic mass is 35.5. The third-order valence-corrected chi connectivity index (χ3v) is 8.70. The van der Waals surface area contributed by atoms with Gasteiger partial charge in [-0.1, -0.05) is 29.3 Å². The highest BCUT2D eigenvalue weighted by Gasteiger charge is 2.53. The molecule has 29 heavy (non-hydrogen) atoms. The Kier molecular flexibility index (Phi) is 6.47. The summed E-state index contributed by atoms with van der Waals surface area (Å²) in [5.41, 5.74) is 0. The van der Waals surface area contributed by atoms with Gasteiger partial charge in [-0.15, -0.1) is 0 Å². The van der Waals surface area contributed by atoms with E-state index in [1.54, 1.807) is 36.1 Å². The van der Waals surface area contributed by atoms with E-state index < -0.39 is 20.6 Å². The minimum absolute atomic E-state index is 0.000618. The van der Waals surface area contributed by atoms with Gasteiger partial charge in [0.1, 0.15) is 0 Å². The summed E-state index contributed by atoms with van der Waals surface area (Å²) in [6, 6.07) is 16.6. The van der Waals surface area contributed by atoms with E-state index in [0.29, 0.717) is 18.1 Å². The zero-order valence-corrected chi connectivity index (χ0v) is 18.1. The standard InChI is InChI=1S/C21H20ClNO4S2/c1-2-13-23-14-11-21(12-15-23,20(24)25)29(26,27)19-9-7-18(8-10-19)28-17-5-3-16(22)4-6-17/h3-10H,11-12,14-15H2,1H3,(H,24,25). The van der Waals surface area contributed by atoms with E-state index in [1.807, 2.05) is 12.1 Å². The minimum Gasteiger partial charge on any atom is -0.480 e. The van der Waals surface area contributed by atoms with Crippen molar-refractivity contribution in [1.82, 2.24) is 4.90 Å². The number of piperidine rings is 1. The van der Waals surface area contributed by atoms with E-state index in [-0.39, 0.29) is 17.7 Å². The summed E-state index contributed by atoms with van der Waals surface area (Å²) in [4.78, 5) is 15.7. The molecule has 0 aliphatic carbocycles. The molecule has 152 valence electrons. The molecular weight excluding hydrogens is 430 g/mol. The Labute approximate surface area is 180 Å². The molecule has 0 atom stereocenters. The number of hydrogen-bond acceptors (Lipinski definition) is 5. The minimum atomic E-state index is -4.06. The second kappa shape index (κ2) is 8.70. The van der Waals surface area contributed by atoms with Gasteiger partial charge in [0.15, 0.2) is 14.6 Å². The van der Waals surface area contributed by atoms with Crippen LogP contribution in [0, 0.1) is 12.0 Å². The number of carbonyl (C=O) groups is 1. The number of aliphatic carboxylic acids is 1. The Bertz CT molecular complexity index is 1050. The summed E-state index contributed by atoms with van der Waals surface area (Å²) in [6.07, 6.45) is 0.00124. The molecule has 1 aliphatic heterocycles. The van der Waals surface area contributed by atoms with Crippen molar-refractivity contribution in [1.29, 1.82) is 0 Å². The highest BCUT2D eigenvalue weighted by molar-refractivity contribution is 7.99. The van der Waals surface area contributed by atoms with Gasteiger partial charge in [-0.2, -0.15) is 0 Å². The smallest absolute Gasteiger partial charge is 0.325 e. The van der Waals surface area contributed by atoms with E-state index in [4.69, 9.17) is 11.6 Å². The molecule has 5 nitrogen and oxygen atoms in total. The first-order chi connectivity index (χ1) is 13.8. The summed E-state index contributed by atoms with van der Waals surface area (Å²) < 4.78 is 24.7. The number of benzene rings is 2. The number of likely N-dealkylation sites (tertiary alicyclic amines) is 1. The molecule has 2 aromatic rings. The fraction of sp³-hybridized carbons (Fsp3) is 0.286. The monoisotopic (exact) mass is 449 g/mol. The predicted octanol–water partition coefficient (Wildman–Crippen LogP) is 4.16. The van der Waals surface area contributed by atoms with Crippen molar-refractivity contribution in [3.05, 3.63) is 53.6 Å². The summed E-state index contributed by atoms with van der Waals surface area (Å²) in [5, 5.41) is 10.5. The maximum atomic E-state index is 13.3. The van der Waals surface area contributed by atoms with Crippen molar-refractivity contribution >= 4 is 39.2 Å². The molecule has 0 unspecified atom stereocenters. The fourth-order valence-corrected chi connectivity index (χ4v) is 6.12. The number of hydrogen-bond donors (Lipinski definition) is 1. The highest BCUT2D eigenvalue weighted by Crippen LogP contribution is 2.37. The molecule has 1 heterocycles. The maximum Gasteiger partial charge on any atom is 0.325 e. The molecule has 1 fully saturated rings. The van der Waals surface area contributed by atoms with E-state index in [2.05, 4.69) is 12.0 Å². The molecule has 2 aromatic carbocycles. The van der Waals surface area contributed by atoms with Gasteiger partial charge in [-0.25, -0.2) is 8.42 Å². The van der Waals surface area contributed by atoms with Crippen LogP contribution >= 0.6 is 23.4 Å². The fourth-order valence-electron chi connectivity index (χ4n) is 3.29. The van der Waals surface area contributed by atoms with E-state index in [9.17, 15) is 18.3 Å². The zero-order valence-electron chi connectivity index (χ0n) is 15.8. The van der Waals surface area contributed by atoms with Crippen LogP contribution in [0.15, 0.2) is 63.2 Å². The first-order valence-electron chi connectivity index (χ1n) is 8.97. The molecule has 0 aromatic heterocycles. The Hall–Kier alpha value is -2.14. The summed E-state index contributed by atoms with van der Waals surface area (Å²) in [5.74, 6) is 1.46. The lowest BCUT2D eigenvalue weighted by molar-refractivity contribution is -0.141. The molecule has 3 rings (SSSR count). The van der Waals surface area contributed by atoms with E-state index in [1.165, 1.54) is 23.9 Å². The Morgan fingerprint density at radius 3 is 2.07 bits per heavy atom. The molecule has 0 bridgehead atoms. The third kappa shape index (κ3) is 4.40. The van der Waals surface area contributed by atoms with Crippen LogP contribution in [0.25, 0.3) is 0 Å². The van der Waals surface area contributed by atoms with Crippen LogP contribution in [0.4, 0.5) is 0 Å². The van der Waals surface area contributed by atoms with Crippen LogP contribution < -0.4 is 0 Å². The summed E-state index contributed by atoms with van der Waals surface area (Å²) in [7, 11) is -4.06. The van der Waals surface area contributed by atoms with Gasteiger partial charge in [0.05, 0.1) is 4.90 Å². The van der Waals surface area contributed by atoms with Gasteiger partial charge in [-0.3, -0.25) is 4.79 Å². The molecule has 0 spiro atoms. The number of carboxylic acids is 1. The van der Waals surface area contributed by atoms with Crippen molar-refractivity contribution in [2.24, 2.45) is 0 Å². The van der Waals surface area contributed by atoms with Crippen LogP contribution in [0.2, 0.25) is 5.02 Å². The lowest BCUT2D eigenvalue weighted by Gasteiger charge is -2.36. The number of halogens is 1. The Balaban J connectivity index is 1.84. The van der Waals surface area contributed by atoms with Gasteiger partial charge in [0.25, 0.3) is 0 Å². The van der Waals surface area contributed by atoms with Crippen molar-refractivity contribution in [3.8, 4) is 12.0 Å². The van der Waals surface area contributed by atoms with Crippen molar-refractivity contribution in [2.75, 3.05) is 13.1 Å². The van der Waals surface area contributed by atoms with Crippen LogP contribution in [-0.2, 0) is 14.6 Å². The largest absolute Gasteiger partial charge is 0.480 e. The van der Waals surface area contributed by atoms with Crippen LogP contribution in [0.3, 0.4) is 0 Å². The topological polar surface area (TPSA) is 74.7 Å². The normalized spacial score (nSPS) is 16.0. The van der Waals surface area contributed by atoms with Gasteiger partial charge >= 0.3 is 5.97 Å². The second-order valence-corrected chi connectivity index (χ2v) is 10.5. The van der Waals surface area contributed by atoms with Gasteiger partial charge < -0.3 is 10.0 Å². The Morgan fingerprint density at radius 2 is 1.59 bits per heavy atom. The Morgan fingerprint density at radius 1 is 1.07 bits per heavy atom. The first kappa shape index (κ1) is 21.6. The van der Waals surface area contributed by atoms with Crippen molar-refractivity contribution in [3.63, 3.8) is 0 Å². The van der Waals surface area contributed by atoms with Crippen LogP contribution in [0.5, 0.6) is 0 Å². The lowest BCUT2D eigenvalue weighted by atomic mass is 9.96. The lowest BCUT2D eigenvalue weighted by Crippen LogP contribution is -2.53. The number of nitrogens with zero attached hydrogens (tertiary/aromatic N) is 1. The molecule has 1 N–H and O–H groups in total. The average molecular weight is 450 g/mol. The molecule has 0 radical (unpaired) electrons. The second-order valence-electron chi connectivity index (χ2n) is 6.68. The van der Waals surface area contributed by atoms with Crippen molar-refractivity contribution < 1.29 is 18.3 Å². The molecular formula is C21H20ClNO4S2. The average Bonchev–Trinajstić information content (AvgIpc) is 2.71. The first-order valence-corrected chi connectivity index (χ1v) is 11.7. The quantitative estimate of drug-likeness (QED) is 0.690. The van der Waals surface area contributed by atoms with Crippen LogP contribution in [0.1, 0.15) is 19.8 Å². The van der Waals surface area contributed by atoms with E-state index in [0.717, 1.165) is 9.79 Å². The SMILES string of the molecule is CC#CN1CCC(C(=O)O)(S(=O)(=O)c2ccc(Sc3ccc(Cl)cc3)cc2)CC1. The van der Waals surface area contributed by atoms with Gasteiger partial charge in [0.2, 0.25) is 0 Å². The third-order valence-electron chi connectivity index (χ3n) is 4.93. The van der Waals surface area contributed by atoms with Gasteiger partial charge in [-0.05, 0) is 68.3 Å². The van der Waals surface area contributed by atoms with E-state index >= 15 is 0 Å². The summed E-state index contributed by atoms with van der Waals surface area (Å²) >= 11 is 7.36. The van der Waals surface area contributed by atoms with Gasteiger partial charge in [0, 0.05) is 33.9 Å². The molecule has 0 saturated carbocycles. The van der Waals surface area contributed by atoms with Crippen LogP contribution in [-0.4, -0.2) is 42.2 Å². The number of carboxylic acid groups (broad SMARTS) is 1. The maximum absolute atomic E-state index is 13.3. The number of rotatable bonds is 5. The molecule has 8 heteroatoms. The molecule has 1 saturated heterocycles. The molecule has 0 amide bonds. The predicted molar refractivity (Wildman–Crippen MR) is 114 cm³/mol. The zero-order chi connectivity index (χ0) is 21.1.